The zero-order valence-corrected chi connectivity index (χ0v) is 12.2. The van der Waals surface area contributed by atoms with Gasteiger partial charge in [-0.05, 0) is 24.1 Å². The Morgan fingerprint density at radius 3 is 2.43 bits per heavy atom. The summed E-state index contributed by atoms with van der Waals surface area (Å²) in [5.41, 5.74) is 6.09. The monoisotopic (exact) mass is 319 g/mol. The Labute approximate surface area is 132 Å². The lowest BCUT2D eigenvalue weighted by atomic mass is 10.0. The second kappa shape index (κ2) is 6.91. The van der Waals surface area contributed by atoms with Gasteiger partial charge >= 0.3 is 5.97 Å². The summed E-state index contributed by atoms with van der Waals surface area (Å²) in [5, 5.41) is 13.9. The molecule has 23 heavy (non-hydrogen) atoms. The Balaban J connectivity index is 2.01. The van der Waals surface area contributed by atoms with Crippen LogP contribution >= 0.6 is 0 Å². The Morgan fingerprint density at radius 1 is 1.30 bits per heavy atom. The van der Waals surface area contributed by atoms with Crippen LogP contribution in [0.1, 0.15) is 28.8 Å². The molecule has 0 aliphatic carbocycles. The predicted octanol–water partition coefficient (Wildman–Crippen LogP) is -0.824. The first-order valence-corrected chi connectivity index (χ1v) is 7.08. The van der Waals surface area contributed by atoms with Crippen molar-refractivity contribution in [1.29, 1.82) is 0 Å². The highest BCUT2D eigenvalue weighted by Crippen LogP contribution is 2.10. The zero-order chi connectivity index (χ0) is 17.0. The SMILES string of the molecule is NC(=O)[C@@H](Cc1ccc(C(=O)O)cc1)NC(=O)[C@H]1CCC(=O)N1. The first-order valence-electron chi connectivity index (χ1n) is 7.08. The second-order valence-corrected chi connectivity index (χ2v) is 5.33. The van der Waals surface area contributed by atoms with Crippen LogP contribution < -0.4 is 16.4 Å². The minimum atomic E-state index is -1.05. The summed E-state index contributed by atoms with van der Waals surface area (Å²) in [6.07, 6.45) is 0.793. The van der Waals surface area contributed by atoms with Crippen molar-refractivity contribution in [2.24, 2.45) is 5.73 Å². The fourth-order valence-electron chi connectivity index (χ4n) is 2.32. The van der Waals surface area contributed by atoms with Crippen LogP contribution in [-0.4, -0.2) is 40.9 Å². The molecule has 5 N–H and O–H groups in total. The number of nitrogens with two attached hydrogens (primary N) is 1. The molecule has 2 rings (SSSR count). The van der Waals surface area contributed by atoms with Gasteiger partial charge in [0.1, 0.15) is 12.1 Å². The molecule has 8 heteroatoms. The molecular formula is C15H17N3O5. The molecule has 1 saturated heterocycles. The molecule has 1 aliphatic heterocycles. The summed E-state index contributed by atoms with van der Waals surface area (Å²) in [4.78, 5) is 45.5. The molecule has 1 aliphatic rings. The van der Waals surface area contributed by atoms with Gasteiger partial charge in [0, 0.05) is 12.8 Å². The third-order valence-corrected chi connectivity index (χ3v) is 3.61. The molecule has 0 saturated carbocycles. The second-order valence-electron chi connectivity index (χ2n) is 5.33. The third-order valence-electron chi connectivity index (χ3n) is 3.61. The highest BCUT2D eigenvalue weighted by molar-refractivity contribution is 5.93. The van der Waals surface area contributed by atoms with E-state index in [4.69, 9.17) is 10.8 Å². The molecule has 1 aromatic carbocycles. The van der Waals surface area contributed by atoms with Crippen LogP contribution in [-0.2, 0) is 20.8 Å². The first kappa shape index (κ1) is 16.5. The molecule has 0 aromatic heterocycles. The number of amides is 3. The van der Waals surface area contributed by atoms with Gasteiger partial charge < -0.3 is 21.5 Å². The molecule has 2 atom stereocenters. The number of carboxylic acids is 1. The molecule has 0 bridgehead atoms. The van der Waals surface area contributed by atoms with E-state index >= 15 is 0 Å². The lowest BCUT2D eigenvalue weighted by Crippen LogP contribution is -2.51. The number of aromatic carboxylic acids is 1. The van der Waals surface area contributed by atoms with Crippen molar-refractivity contribution in [3.63, 3.8) is 0 Å². The van der Waals surface area contributed by atoms with E-state index in [9.17, 15) is 19.2 Å². The van der Waals surface area contributed by atoms with Gasteiger partial charge in [0.05, 0.1) is 5.56 Å². The number of rotatable bonds is 6. The van der Waals surface area contributed by atoms with E-state index in [1.54, 1.807) is 12.1 Å². The summed E-state index contributed by atoms with van der Waals surface area (Å²) in [5.74, 6) is -2.41. The quantitative estimate of drug-likeness (QED) is 0.542. The molecule has 1 aromatic rings. The minimum absolute atomic E-state index is 0.127. The normalized spacial score (nSPS) is 18.1. The van der Waals surface area contributed by atoms with Crippen molar-refractivity contribution in [3.8, 4) is 0 Å². The van der Waals surface area contributed by atoms with Crippen LogP contribution in [0.3, 0.4) is 0 Å². The molecular weight excluding hydrogens is 302 g/mol. The molecule has 3 amide bonds. The largest absolute Gasteiger partial charge is 0.478 e. The fraction of sp³-hybridized carbons (Fsp3) is 0.333. The highest BCUT2D eigenvalue weighted by Gasteiger charge is 2.29. The first-order chi connectivity index (χ1) is 10.9. The molecule has 1 heterocycles. The Hall–Kier alpha value is -2.90. The van der Waals surface area contributed by atoms with Gasteiger partial charge in [0.15, 0.2) is 0 Å². The molecule has 1 fully saturated rings. The van der Waals surface area contributed by atoms with Gasteiger partial charge in [0.2, 0.25) is 17.7 Å². The smallest absolute Gasteiger partial charge is 0.335 e. The summed E-state index contributed by atoms with van der Waals surface area (Å²) in [6.45, 7) is 0. The third kappa shape index (κ3) is 4.29. The molecule has 8 nitrogen and oxygen atoms in total. The number of benzene rings is 1. The van der Waals surface area contributed by atoms with Crippen molar-refractivity contribution in [2.45, 2.75) is 31.3 Å². The van der Waals surface area contributed by atoms with Crippen molar-refractivity contribution in [2.75, 3.05) is 0 Å². The van der Waals surface area contributed by atoms with Crippen LogP contribution in [0.5, 0.6) is 0 Å². The Bertz CT molecular complexity index is 641. The molecule has 0 spiro atoms. The van der Waals surface area contributed by atoms with E-state index in [0.717, 1.165) is 0 Å². The van der Waals surface area contributed by atoms with E-state index in [0.29, 0.717) is 12.0 Å². The van der Waals surface area contributed by atoms with Crippen molar-refractivity contribution in [1.82, 2.24) is 10.6 Å². The van der Waals surface area contributed by atoms with Crippen molar-refractivity contribution < 1.29 is 24.3 Å². The lowest BCUT2D eigenvalue weighted by molar-refractivity contribution is -0.129. The number of carbonyl (C=O) groups is 4. The Kier molecular flexibility index (Phi) is 4.95. The number of nitrogens with one attached hydrogen (secondary N) is 2. The molecule has 122 valence electrons. The van der Waals surface area contributed by atoms with Crippen LogP contribution in [0, 0.1) is 0 Å². The van der Waals surface area contributed by atoms with E-state index < -0.39 is 29.9 Å². The average molecular weight is 319 g/mol. The summed E-state index contributed by atoms with van der Waals surface area (Å²) < 4.78 is 0. The topological polar surface area (TPSA) is 139 Å². The number of primary amides is 1. The van der Waals surface area contributed by atoms with Gasteiger partial charge in [0.25, 0.3) is 0 Å². The van der Waals surface area contributed by atoms with Crippen LogP contribution in [0.4, 0.5) is 0 Å². The van der Waals surface area contributed by atoms with Gasteiger partial charge in [-0.2, -0.15) is 0 Å². The van der Waals surface area contributed by atoms with Gasteiger partial charge in [-0.25, -0.2) is 4.79 Å². The maximum atomic E-state index is 12.0. The minimum Gasteiger partial charge on any atom is -0.478 e. The number of hydrogen-bond acceptors (Lipinski definition) is 4. The van der Waals surface area contributed by atoms with Crippen molar-refractivity contribution >= 4 is 23.7 Å². The van der Waals surface area contributed by atoms with E-state index in [2.05, 4.69) is 10.6 Å². The van der Waals surface area contributed by atoms with Crippen LogP contribution in [0.25, 0.3) is 0 Å². The highest BCUT2D eigenvalue weighted by atomic mass is 16.4. The Morgan fingerprint density at radius 2 is 1.96 bits per heavy atom. The van der Waals surface area contributed by atoms with Crippen LogP contribution in [0.2, 0.25) is 0 Å². The van der Waals surface area contributed by atoms with Crippen LogP contribution in [0.15, 0.2) is 24.3 Å². The fourth-order valence-corrected chi connectivity index (χ4v) is 2.32. The van der Waals surface area contributed by atoms with E-state index in [-0.39, 0.29) is 24.3 Å². The van der Waals surface area contributed by atoms with Gasteiger partial charge in [-0.3, -0.25) is 14.4 Å². The lowest BCUT2D eigenvalue weighted by Gasteiger charge is -2.18. The summed E-state index contributed by atoms with van der Waals surface area (Å²) in [7, 11) is 0. The average Bonchev–Trinajstić information content (AvgIpc) is 2.93. The standard InChI is InChI=1S/C15H17N3O5/c16-13(20)11(18-14(21)10-5-6-12(19)17-10)7-8-1-3-9(4-2-8)15(22)23/h1-4,10-11H,5-7H2,(H2,16,20)(H,17,19)(H,18,21)(H,22,23)/t10-,11-/m1/s1. The van der Waals surface area contributed by atoms with Gasteiger partial charge in [-0.1, -0.05) is 12.1 Å². The number of carbonyl (C=O) groups excluding carboxylic acids is 3. The molecule has 0 unspecified atom stereocenters. The maximum Gasteiger partial charge on any atom is 0.335 e. The van der Waals surface area contributed by atoms with E-state index in [1.807, 2.05) is 0 Å². The van der Waals surface area contributed by atoms with Gasteiger partial charge in [-0.15, -0.1) is 0 Å². The number of carboxylic acid groups (broad SMARTS) is 1. The maximum absolute atomic E-state index is 12.0. The van der Waals surface area contributed by atoms with Crippen molar-refractivity contribution in [3.05, 3.63) is 35.4 Å². The zero-order valence-electron chi connectivity index (χ0n) is 12.2. The molecule has 0 radical (unpaired) electrons. The predicted molar refractivity (Wildman–Crippen MR) is 79.4 cm³/mol. The summed E-state index contributed by atoms with van der Waals surface area (Å²) in [6, 6.07) is 4.35. The number of hydrogen-bond donors (Lipinski definition) is 4. The summed E-state index contributed by atoms with van der Waals surface area (Å²) >= 11 is 0. The van der Waals surface area contributed by atoms with E-state index in [1.165, 1.54) is 12.1 Å².